The summed E-state index contributed by atoms with van der Waals surface area (Å²) in [6.07, 6.45) is 9.80. The van der Waals surface area contributed by atoms with Crippen LogP contribution in [0.4, 0.5) is 0 Å². The van der Waals surface area contributed by atoms with Gasteiger partial charge in [0.25, 0.3) is 0 Å². The molecule has 0 amide bonds. The fourth-order valence-corrected chi connectivity index (χ4v) is 1.60. The van der Waals surface area contributed by atoms with Crippen molar-refractivity contribution in [2.75, 3.05) is 0 Å². The van der Waals surface area contributed by atoms with Crippen LogP contribution in [0.15, 0.2) is 23.3 Å². The standard InChI is InChI=1S/C10H16/c1-3-6-10-8-5-7-9(10)4-2/h4,6H,3,5,7-8H2,1-2H3/b9-4-,10-6-. The summed E-state index contributed by atoms with van der Waals surface area (Å²) >= 11 is 0. The van der Waals surface area contributed by atoms with E-state index in [1.165, 1.54) is 25.7 Å². The molecule has 0 aromatic rings. The Morgan fingerprint density at radius 2 is 2.00 bits per heavy atom. The van der Waals surface area contributed by atoms with Crippen molar-refractivity contribution in [3.8, 4) is 0 Å². The third-order valence-electron chi connectivity index (χ3n) is 2.10. The Bertz CT molecular complexity index is 161. The Kier molecular flexibility index (Phi) is 2.73. The maximum Gasteiger partial charge on any atom is -0.0276 e. The molecule has 1 aliphatic rings. The van der Waals surface area contributed by atoms with E-state index in [1.807, 2.05) is 0 Å². The second-order valence-corrected chi connectivity index (χ2v) is 2.81. The van der Waals surface area contributed by atoms with Gasteiger partial charge in [-0.25, -0.2) is 0 Å². The largest absolute Gasteiger partial charge is 0.0842 e. The molecule has 56 valence electrons. The number of allylic oxidation sites excluding steroid dienone is 4. The Balaban J connectivity index is 2.68. The second-order valence-electron chi connectivity index (χ2n) is 2.81. The summed E-state index contributed by atoms with van der Waals surface area (Å²) < 4.78 is 0. The van der Waals surface area contributed by atoms with Gasteiger partial charge in [0.15, 0.2) is 0 Å². The highest BCUT2D eigenvalue weighted by atomic mass is 14.2. The smallest absolute Gasteiger partial charge is 0.0276 e. The lowest BCUT2D eigenvalue weighted by atomic mass is 10.1. The van der Waals surface area contributed by atoms with Crippen molar-refractivity contribution in [1.29, 1.82) is 0 Å². The molecule has 0 atom stereocenters. The van der Waals surface area contributed by atoms with E-state index in [2.05, 4.69) is 26.0 Å². The highest BCUT2D eigenvalue weighted by molar-refractivity contribution is 5.34. The van der Waals surface area contributed by atoms with Gasteiger partial charge in [0.05, 0.1) is 0 Å². The van der Waals surface area contributed by atoms with Gasteiger partial charge in [-0.05, 0) is 43.8 Å². The quantitative estimate of drug-likeness (QED) is 0.518. The fraction of sp³-hybridized carbons (Fsp3) is 0.600. The normalized spacial score (nSPS) is 26.6. The molecule has 0 bridgehead atoms. The van der Waals surface area contributed by atoms with Gasteiger partial charge in [0.2, 0.25) is 0 Å². The van der Waals surface area contributed by atoms with Crippen LogP contribution in [0.1, 0.15) is 39.5 Å². The summed E-state index contributed by atoms with van der Waals surface area (Å²) in [4.78, 5) is 0. The van der Waals surface area contributed by atoms with Crippen molar-refractivity contribution >= 4 is 0 Å². The van der Waals surface area contributed by atoms with Crippen molar-refractivity contribution < 1.29 is 0 Å². The molecule has 1 fully saturated rings. The van der Waals surface area contributed by atoms with E-state index in [0.717, 1.165) is 0 Å². The fourth-order valence-electron chi connectivity index (χ4n) is 1.60. The monoisotopic (exact) mass is 136 g/mol. The molecule has 0 radical (unpaired) electrons. The lowest BCUT2D eigenvalue weighted by Gasteiger charge is -1.96. The molecule has 0 spiro atoms. The van der Waals surface area contributed by atoms with Crippen molar-refractivity contribution in [2.45, 2.75) is 39.5 Å². The van der Waals surface area contributed by atoms with Crippen LogP contribution in [-0.4, -0.2) is 0 Å². The molecular formula is C10H16. The molecule has 0 heteroatoms. The highest BCUT2D eigenvalue weighted by Crippen LogP contribution is 2.30. The zero-order chi connectivity index (χ0) is 7.40. The molecule has 0 nitrogen and oxygen atoms in total. The molecule has 0 N–H and O–H groups in total. The molecule has 10 heavy (non-hydrogen) atoms. The molecule has 0 aromatic carbocycles. The summed E-state index contributed by atoms with van der Waals surface area (Å²) in [6.45, 7) is 4.35. The van der Waals surface area contributed by atoms with Gasteiger partial charge in [0.1, 0.15) is 0 Å². The van der Waals surface area contributed by atoms with Crippen molar-refractivity contribution in [3.05, 3.63) is 23.3 Å². The first-order valence-electron chi connectivity index (χ1n) is 4.23. The predicted molar refractivity (Wildman–Crippen MR) is 46.0 cm³/mol. The molecule has 1 saturated carbocycles. The summed E-state index contributed by atoms with van der Waals surface area (Å²) in [7, 11) is 0. The minimum absolute atomic E-state index is 1.19. The van der Waals surface area contributed by atoms with E-state index >= 15 is 0 Å². The Labute approximate surface area is 63.6 Å². The van der Waals surface area contributed by atoms with Crippen LogP contribution >= 0.6 is 0 Å². The summed E-state index contributed by atoms with van der Waals surface area (Å²) in [5.41, 5.74) is 3.19. The van der Waals surface area contributed by atoms with Gasteiger partial charge >= 0.3 is 0 Å². The molecule has 0 aromatic heterocycles. The lowest BCUT2D eigenvalue weighted by Crippen LogP contribution is -1.76. The molecule has 0 saturated heterocycles. The average molecular weight is 136 g/mol. The third-order valence-corrected chi connectivity index (χ3v) is 2.10. The lowest BCUT2D eigenvalue weighted by molar-refractivity contribution is 0.929. The van der Waals surface area contributed by atoms with E-state index in [1.54, 1.807) is 11.1 Å². The van der Waals surface area contributed by atoms with Gasteiger partial charge in [-0.2, -0.15) is 0 Å². The van der Waals surface area contributed by atoms with Crippen LogP contribution < -0.4 is 0 Å². The number of hydrogen-bond acceptors (Lipinski definition) is 0. The molecule has 0 heterocycles. The van der Waals surface area contributed by atoms with Crippen LogP contribution in [0.5, 0.6) is 0 Å². The third kappa shape index (κ3) is 1.50. The zero-order valence-corrected chi connectivity index (χ0v) is 6.98. The molecule has 0 aliphatic heterocycles. The van der Waals surface area contributed by atoms with Gasteiger partial charge in [0, 0.05) is 0 Å². The van der Waals surface area contributed by atoms with Crippen molar-refractivity contribution in [3.63, 3.8) is 0 Å². The highest BCUT2D eigenvalue weighted by Gasteiger charge is 2.10. The first-order chi connectivity index (χ1) is 4.88. The first kappa shape index (κ1) is 7.59. The maximum absolute atomic E-state index is 2.36. The second kappa shape index (κ2) is 3.60. The number of hydrogen-bond donors (Lipinski definition) is 0. The minimum atomic E-state index is 1.19. The Morgan fingerprint density at radius 3 is 2.60 bits per heavy atom. The van der Waals surface area contributed by atoms with E-state index in [9.17, 15) is 0 Å². The van der Waals surface area contributed by atoms with E-state index in [4.69, 9.17) is 0 Å². The Hall–Kier alpha value is -0.520. The number of rotatable bonds is 1. The summed E-state index contributed by atoms with van der Waals surface area (Å²) in [5, 5.41) is 0. The minimum Gasteiger partial charge on any atom is -0.0842 e. The van der Waals surface area contributed by atoms with E-state index in [-0.39, 0.29) is 0 Å². The average Bonchev–Trinajstić information content (AvgIpc) is 2.36. The SMILES string of the molecule is C/C=C1/CCC/C1=C/CC. The van der Waals surface area contributed by atoms with Gasteiger partial charge < -0.3 is 0 Å². The van der Waals surface area contributed by atoms with E-state index in [0.29, 0.717) is 0 Å². The van der Waals surface area contributed by atoms with Crippen LogP contribution in [0.25, 0.3) is 0 Å². The summed E-state index contributed by atoms with van der Waals surface area (Å²) in [5.74, 6) is 0. The van der Waals surface area contributed by atoms with Crippen LogP contribution in [0.3, 0.4) is 0 Å². The first-order valence-corrected chi connectivity index (χ1v) is 4.23. The molecule has 1 rings (SSSR count). The van der Waals surface area contributed by atoms with Crippen LogP contribution in [-0.2, 0) is 0 Å². The van der Waals surface area contributed by atoms with Gasteiger partial charge in [-0.1, -0.05) is 19.1 Å². The van der Waals surface area contributed by atoms with E-state index < -0.39 is 0 Å². The van der Waals surface area contributed by atoms with Crippen molar-refractivity contribution in [2.24, 2.45) is 0 Å². The molecule has 0 unspecified atom stereocenters. The molecule has 1 aliphatic carbocycles. The maximum atomic E-state index is 2.36. The molecular weight excluding hydrogens is 120 g/mol. The van der Waals surface area contributed by atoms with Crippen LogP contribution in [0.2, 0.25) is 0 Å². The zero-order valence-electron chi connectivity index (χ0n) is 6.98. The summed E-state index contributed by atoms with van der Waals surface area (Å²) in [6, 6.07) is 0. The van der Waals surface area contributed by atoms with Crippen LogP contribution in [0, 0.1) is 0 Å². The predicted octanol–water partition coefficient (Wildman–Crippen LogP) is 3.45. The van der Waals surface area contributed by atoms with Gasteiger partial charge in [-0.15, -0.1) is 0 Å². The topological polar surface area (TPSA) is 0 Å². The van der Waals surface area contributed by atoms with Crippen molar-refractivity contribution in [1.82, 2.24) is 0 Å². The van der Waals surface area contributed by atoms with Gasteiger partial charge in [-0.3, -0.25) is 0 Å². The Morgan fingerprint density at radius 1 is 1.30 bits per heavy atom.